The molecule has 1 aromatic heterocycles. The number of nitrogens with two attached hydrogens (primary N) is 1. The Labute approximate surface area is 101 Å². The zero-order valence-corrected chi connectivity index (χ0v) is 10.6. The molecule has 0 saturated carbocycles. The van der Waals surface area contributed by atoms with Gasteiger partial charge in [-0.1, -0.05) is 0 Å². The maximum Gasteiger partial charge on any atom is 0.241 e. The van der Waals surface area contributed by atoms with Gasteiger partial charge >= 0.3 is 0 Å². The van der Waals surface area contributed by atoms with Crippen molar-refractivity contribution >= 4 is 11.6 Å². The largest absolute Gasteiger partial charge is 0.396 e. The van der Waals surface area contributed by atoms with Crippen molar-refractivity contribution in [2.24, 2.45) is 0 Å². The van der Waals surface area contributed by atoms with Crippen LogP contribution in [0, 0.1) is 0 Å². The van der Waals surface area contributed by atoms with Gasteiger partial charge in [0.2, 0.25) is 5.91 Å². The second-order valence-corrected chi connectivity index (χ2v) is 4.44. The van der Waals surface area contributed by atoms with Gasteiger partial charge in [0.25, 0.3) is 0 Å². The van der Waals surface area contributed by atoms with Crippen molar-refractivity contribution in [1.29, 1.82) is 0 Å². The first-order chi connectivity index (χ1) is 7.93. The summed E-state index contributed by atoms with van der Waals surface area (Å²) in [5.41, 5.74) is 5.70. The lowest BCUT2D eigenvalue weighted by molar-refractivity contribution is -0.123. The fourth-order valence-corrected chi connectivity index (χ4v) is 1.42. The van der Waals surface area contributed by atoms with Gasteiger partial charge in [0.1, 0.15) is 6.54 Å². The number of ether oxygens (including phenoxy) is 1. The van der Waals surface area contributed by atoms with Gasteiger partial charge in [-0.2, -0.15) is 5.10 Å². The molecule has 0 radical (unpaired) electrons. The SMILES string of the molecule is CCOC(C)(C)CNC(=O)Cn1cc(N)cn1. The highest BCUT2D eigenvalue weighted by atomic mass is 16.5. The van der Waals surface area contributed by atoms with Crippen LogP contribution in [0.4, 0.5) is 5.69 Å². The number of aromatic nitrogens is 2. The van der Waals surface area contributed by atoms with Gasteiger partial charge in [0.05, 0.1) is 17.5 Å². The first kappa shape index (κ1) is 13.5. The Bertz CT molecular complexity index is 373. The van der Waals surface area contributed by atoms with Gasteiger partial charge in [-0.25, -0.2) is 0 Å². The van der Waals surface area contributed by atoms with Gasteiger partial charge in [-0.15, -0.1) is 0 Å². The molecule has 17 heavy (non-hydrogen) atoms. The highest BCUT2D eigenvalue weighted by Gasteiger charge is 2.18. The number of nitrogens with one attached hydrogen (secondary N) is 1. The normalized spacial score (nSPS) is 11.5. The second kappa shape index (κ2) is 5.67. The molecule has 0 aliphatic carbocycles. The minimum Gasteiger partial charge on any atom is -0.396 e. The summed E-state index contributed by atoms with van der Waals surface area (Å²) in [7, 11) is 0. The van der Waals surface area contributed by atoms with Gasteiger partial charge in [0.15, 0.2) is 0 Å². The summed E-state index contributed by atoms with van der Waals surface area (Å²) in [6.45, 7) is 7.05. The third-order valence-electron chi connectivity index (χ3n) is 2.21. The highest BCUT2D eigenvalue weighted by Crippen LogP contribution is 2.06. The maximum atomic E-state index is 11.6. The van der Waals surface area contributed by atoms with E-state index in [1.807, 2.05) is 20.8 Å². The van der Waals surface area contributed by atoms with E-state index in [-0.39, 0.29) is 18.1 Å². The number of hydrogen-bond acceptors (Lipinski definition) is 4. The molecule has 0 unspecified atom stereocenters. The Hall–Kier alpha value is -1.56. The van der Waals surface area contributed by atoms with E-state index in [1.54, 1.807) is 6.20 Å². The molecule has 0 saturated heterocycles. The summed E-state index contributed by atoms with van der Waals surface area (Å²) in [5, 5.41) is 6.74. The van der Waals surface area contributed by atoms with Gasteiger partial charge in [-0.3, -0.25) is 9.48 Å². The van der Waals surface area contributed by atoms with Crippen molar-refractivity contribution in [3.63, 3.8) is 0 Å². The molecule has 0 spiro atoms. The van der Waals surface area contributed by atoms with Crippen LogP contribution in [0.15, 0.2) is 12.4 Å². The molecule has 1 aromatic rings. The lowest BCUT2D eigenvalue weighted by Crippen LogP contribution is -2.41. The predicted octanol–water partition coefficient (Wildman–Crippen LogP) is 0.397. The molecule has 1 amide bonds. The maximum absolute atomic E-state index is 11.6. The van der Waals surface area contributed by atoms with E-state index >= 15 is 0 Å². The third-order valence-corrected chi connectivity index (χ3v) is 2.21. The molecule has 3 N–H and O–H groups in total. The van der Waals surface area contributed by atoms with Crippen molar-refractivity contribution < 1.29 is 9.53 Å². The fourth-order valence-electron chi connectivity index (χ4n) is 1.42. The van der Waals surface area contributed by atoms with E-state index < -0.39 is 0 Å². The molecule has 0 fully saturated rings. The Balaban J connectivity index is 2.35. The van der Waals surface area contributed by atoms with E-state index in [0.717, 1.165) is 0 Å². The monoisotopic (exact) mass is 240 g/mol. The standard InChI is InChI=1S/C11H20N4O2/c1-4-17-11(2,3)8-13-10(16)7-15-6-9(12)5-14-15/h5-6H,4,7-8,12H2,1-3H3,(H,13,16). The Kier molecular flexibility index (Phi) is 4.51. The summed E-state index contributed by atoms with van der Waals surface area (Å²) in [5.74, 6) is -0.110. The summed E-state index contributed by atoms with van der Waals surface area (Å²) in [6.07, 6.45) is 3.13. The van der Waals surface area contributed by atoms with Crippen LogP contribution in [0.3, 0.4) is 0 Å². The molecular weight excluding hydrogens is 220 g/mol. The quantitative estimate of drug-likeness (QED) is 0.754. The van der Waals surface area contributed by atoms with E-state index in [0.29, 0.717) is 18.8 Å². The minimum atomic E-state index is -0.354. The van der Waals surface area contributed by atoms with E-state index in [4.69, 9.17) is 10.5 Å². The van der Waals surface area contributed by atoms with Crippen LogP contribution < -0.4 is 11.1 Å². The van der Waals surface area contributed by atoms with Crippen molar-refractivity contribution in [2.45, 2.75) is 32.9 Å². The minimum absolute atomic E-state index is 0.110. The van der Waals surface area contributed by atoms with Crippen molar-refractivity contribution in [3.8, 4) is 0 Å². The smallest absolute Gasteiger partial charge is 0.241 e. The van der Waals surface area contributed by atoms with Crippen molar-refractivity contribution in [1.82, 2.24) is 15.1 Å². The summed E-state index contributed by atoms with van der Waals surface area (Å²) < 4.78 is 6.98. The van der Waals surface area contributed by atoms with Crippen LogP contribution in [0.25, 0.3) is 0 Å². The average molecular weight is 240 g/mol. The molecule has 1 rings (SSSR count). The molecule has 0 aliphatic heterocycles. The van der Waals surface area contributed by atoms with Gasteiger partial charge < -0.3 is 15.8 Å². The lowest BCUT2D eigenvalue weighted by atomic mass is 10.1. The number of nitrogens with zero attached hydrogens (tertiary/aromatic N) is 2. The molecule has 96 valence electrons. The summed E-state index contributed by atoms with van der Waals surface area (Å²) >= 11 is 0. The Morgan fingerprint density at radius 1 is 1.65 bits per heavy atom. The number of rotatable bonds is 6. The molecule has 0 bridgehead atoms. The molecule has 6 nitrogen and oxygen atoms in total. The summed E-state index contributed by atoms with van der Waals surface area (Å²) in [4.78, 5) is 11.6. The molecule has 0 atom stereocenters. The van der Waals surface area contributed by atoms with Crippen LogP contribution in [0.2, 0.25) is 0 Å². The fraction of sp³-hybridized carbons (Fsp3) is 0.636. The Morgan fingerprint density at radius 3 is 2.88 bits per heavy atom. The lowest BCUT2D eigenvalue weighted by Gasteiger charge is -2.24. The van der Waals surface area contributed by atoms with Crippen LogP contribution in [-0.2, 0) is 16.1 Å². The van der Waals surface area contributed by atoms with Crippen LogP contribution in [-0.4, -0.2) is 34.4 Å². The van der Waals surface area contributed by atoms with Crippen molar-refractivity contribution in [2.75, 3.05) is 18.9 Å². The summed E-state index contributed by atoms with van der Waals surface area (Å²) in [6, 6.07) is 0. The zero-order chi connectivity index (χ0) is 12.9. The van der Waals surface area contributed by atoms with E-state index in [1.165, 1.54) is 10.9 Å². The molecule has 0 aliphatic rings. The topological polar surface area (TPSA) is 82.2 Å². The molecule has 0 aromatic carbocycles. The number of hydrogen-bond donors (Lipinski definition) is 2. The number of nitrogen functional groups attached to an aromatic ring is 1. The van der Waals surface area contributed by atoms with E-state index in [9.17, 15) is 4.79 Å². The third kappa shape index (κ3) is 4.86. The predicted molar refractivity (Wildman–Crippen MR) is 65.4 cm³/mol. The number of anilines is 1. The Morgan fingerprint density at radius 2 is 2.35 bits per heavy atom. The second-order valence-electron chi connectivity index (χ2n) is 4.44. The van der Waals surface area contributed by atoms with Crippen LogP contribution in [0.5, 0.6) is 0 Å². The first-order valence-corrected chi connectivity index (χ1v) is 5.61. The van der Waals surface area contributed by atoms with E-state index in [2.05, 4.69) is 10.4 Å². The average Bonchev–Trinajstić information content (AvgIpc) is 2.61. The van der Waals surface area contributed by atoms with Gasteiger partial charge in [0, 0.05) is 19.3 Å². The van der Waals surface area contributed by atoms with Gasteiger partial charge in [-0.05, 0) is 20.8 Å². The zero-order valence-electron chi connectivity index (χ0n) is 10.6. The highest BCUT2D eigenvalue weighted by molar-refractivity contribution is 5.75. The number of carbonyl (C=O) groups excluding carboxylic acids is 1. The molecule has 1 heterocycles. The molecular formula is C11H20N4O2. The van der Waals surface area contributed by atoms with Crippen LogP contribution >= 0.6 is 0 Å². The number of carbonyl (C=O) groups is 1. The molecule has 6 heteroatoms. The first-order valence-electron chi connectivity index (χ1n) is 5.61. The van der Waals surface area contributed by atoms with Crippen molar-refractivity contribution in [3.05, 3.63) is 12.4 Å². The van der Waals surface area contributed by atoms with Crippen LogP contribution in [0.1, 0.15) is 20.8 Å². The number of amides is 1.